The van der Waals surface area contributed by atoms with Crippen molar-refractivity contribution < 1.29 is 28.6 Å². The van der Waals surface area contributed by atoms with Crippen molar-refractivity contribution in [2.75, 3.05) is 0 Å². The summed E-state index contributed by atoms with van der Waals surface area (Å²) in [5.41, 5.74) is 5.66. The van der Waals surface area contributed by atoms with E-state index in [1.807, 2.05) is 35.9 Å². The molecule has 0 saturated heterocycles. The molecule has 0 N–H and O–H groups in total. The molecule has 0 spiro atoms. The molecule has 3 aromatic carbocycles. The molecule has 6 rings (SSSR count). The fourth-order valence-corrected chi connectivity index (χ4v) is 10.3. The van der Waals surface area contributed by atoms with Gasteiger partial charge >= 0.3 is 140 Å². The van der Waals surface area contributed by atoms with Crippen molar-refractivity contribution in [3.05, 3.63) is 114 Å². The molecule has 0 amide bonds. The third-order valence-corrected chi connectivity index (χ3v) is 13.3. The van der Waals surface area contributed by atoms with Gasteiger partial charge in [0.15, 0.2) is 0 Å². The number of pyridine rings is 2. The van der Waals surface area contributed by atoms with Crippen molar-refractivity contribution in [1.82, 2.24) is 9.97 Å². The first-order valence-corrected chi connectivity index (χ1v) is 24.1. The second-order valence-corrected chi connectivity index (χ2v) is 26.3. The summed E-state index contributed by atoms with van der Waals surface area (Å²) in [5, 5.41) is 2.62. The Morgan fingerprint density at radius 2 is 1.68 bits per heavy atom. The summed E-state index contributed by atoms with van der Waals surface area (Å²) in [4.78, 5) is 9.11. The van der Waals surface area contributed by atoms with Gasteiger partial charge in [-0.15, -0.1) is 23.8 Å². The van der Waals surface area contributed by atoms with Crippen LogP contribution in [0.5, 0.6) is 0 Å². The second-order valence-electron chi connectivity index (χ2n) is 14.7. The maximum Gasteiger partial charge on any atom is 0 e. The molecular formula is C41H45FGeIrN2S-2. The standard InChI is InChI=1S/C22H20NS.C19H25FGeN.Ir/c1-22(2,3)14-15-11-12-23-19(13-15)18-9-6-8-17-16-7-4-5-10-20(16)24-21(17)18;1-13(2)9-15-11-19(22-12-18(15)21(4,5)6)16-8-7-14(3)10-17(16)20;/h4-8,10-13H,14H2,1-3H3;7,10-13H,9H2,1-6H3;/q2*-1;/i;3D3;. The summed E-state index contributed by atoms with van der Waals surface area (Å²) in [7, 11) is 0. The van der Waals surface area contributed by atoms with Crippen LogP contribution in [-0.4, -0.2) is 23.2 Å². The molecular weight excluding hydrogens is 836 g/mol. The Bertz CT molecular complexity index is 2100. The molecule has 0 aliphatic carbocycles. The molecule has 247 valence electrons. The smallest absolute Gasteiger partial charge is 0 e. The molecule has 0 saturated carbocycles. The predicted octanol–water partition coefficient (Wildman–Crippen LogP) is 11.2. The van der Waals surface area contributed by atoms with Gasteiger partial charge in [0.05, 0.1) is 0 Å². The van der Waals surface area contributed by atoms with E-state index in [0.717, 1.165) is 30.2 Å². The van der Waals surface area contributed by atoms with Crippen LogP contribution in [0.3, 0.4) is 0 Å². The van der Waals surface area contributed by atoms with Crippen LogP contribution in [-0.2, 0) is 32.9 Å². The number of fused-ring (bicyclic) bond motifs is 3. The van der Waals surface area contributed by atoms with Crippen molar-refractivity contribution >= 4 is 49.2 Å². The molecule has 6 aromatic rings. The number of thiophene rings is 1. The molecule has 0 aliphatic rings. The van der Waals surface area contributed by atoms with Crippen molar-refractivity contribution in [3.8, 4) is 22.5 Å². The Hall–Kier alpha value is -2.70. The van der Waals surface area contributed by atoms with Crippen LogP contribution in [0.4, 0.5) is 4.39 Å². The van der Waals surface area contributed by atoms with Crippen molar-refractivity contribution in [2.45, 2.75) is 71.6 Å². The summed E-state index contributed by atoms with van der Waals surface area (Å²) < 4.78 is 40.6. The van der Waals surface area contributed by atoms with Crippen LogP contribution >= 0.6 is 11.3 Å². The van der Waals surface area contributed by atoms with Gasteiger partial charge in [-0.25, -0.2) is 0 Å². The van der Waals surface area contributed by atoms with Gasteiger partial charge in [-0.05, 0) is 39.7 Å². The fraction of sp³-hybridized carbons (Fsp3) is 0.317. The third kappa shape index (κ3) is 9.26. The zero-order valence-electron chi connectivity index (χ0n) is 31.5. The summed E-state index contributed by atoms with van der Waals surface area (Å²) in [6.07, 6.45) is 5.78. The third-order valence-electron chi connectivity index (χ3n) is 7.73. The van der Waals surface area contributed by atoms with Crippen LogP contribution in [0.2, 0.25) is 17.3 Å². The van der Waals surface area contributed by atoms with Gasteiger partial charge in [-0.2, -0.15) is 11.3 Å². The molecule has 0 bridgehead atoms. The molecule has 0 fully saturated rings. The summed E-state index contributed by atoms with van der Waals surface area (Å²) in [6.45, 7) is 8.80. The Balaban J connectivity index is 0.000000220. The number of aryl methyl sites for hydroxylation is 1. The fourth-order valence-electron chi connectivity index (χ4n) is 5.80. The molecule has 1 radical (unpaired) electrons. The van der Waals surface area contributed by atoms with E-state index in [1.165, 1.54) is 41.8 Å². The van der Waals surface area contributed by atoms with Gasteiger partial charge in [0, 0.05) is 31.0 Å². The summed E-state index contributed by atoms with van der Waals surface area (Å²) in [6, 6.07) is 27.7. The largest absolute Gasteiger partial charge is 0 e. The van der Waals surface area contributed by atoms with E-state index >= 15 is 0 Å². The van der Waals surface area contributed by atoms with E-state index in [1.54, 1.807) is 0 Å². The first-order valence-electron chi connectivity index (χ1n) is 17.4. The Morgan fingerprint density at radius 1 is 0.936 bits per heavy atom. The average Bonchev–Trinajstić information content (AvgIpc) is 3.38. The van der Waals surface area contributed by atoms with Gasteiger partial charge < -0.3 is 4.98 Å². The summed E-state index contributed by atoms with van der Waals surface area (Å²) >= 11 is -0.252. The minimum Gasteiger partial charge on any atom is 0 e. The quantitative estimate of drug-likeness (QED) is 0.123. The zero-order valence-corrected chi connectivity index (χ0v) is 33.8. The van der Waals surface area contributed by atoms with Crippen LogP contribution < -0.4 is 4.40 Å². The monoisotopic (exact) mass is 886 g/mol. The molecule has 0 atom stereocenters. The number of benzene rings is 3. The van der Waals surface area contributed by atoms with E-state index in [-0.39, 0.29) is 36.6 Å². The molecule has 0 unspecified atom stereocenters. The topological polar surface area (TPSA) is 25.8 Å². The van der Waals surface area contributed by atoms with Crippen molar-refractivity contribution in [1.29, 1.82) is 0 Å². The second kappa shape index (κ2) is 15.2. The maximum absolute atomic E-state index is 14.5. The number of hydrogen-bond acceptors (Lipinski definition) is 3. The summed E-state index contributed by atoms with van der Waals surface area (Å²) in [5.74, 6) is 6.85. The number of nitrogens with zero attached hydrogens (tertiary/aromatic N) is 2. The molecule has 2 nitrogen and oxygen atoms in total. The van der Waals surface area contributed by atoms with E-state index in [2.05, 4.69) is 116 Å². The van der Waals surface area contributed by atoms with Crippen LogP contribution in [0.15, 0.2) is 79.1 Å². The Kier molecular flexibility index (Phi) is 10.6. The predicted molar refractivity (Wildman–Crippen MR) is 199 cm³/mol. The molecule has 47 heavy (non-hydrogen) atoms. The average molecular weight is 885 g/mol. The number of aromatic nitrogens is 2. The Labute approximate surface area is 305 Å². The normalized spacial score (nSPS) is 13.0. The van der Waals surface area contributed by atoms with Crippen LogP contribution in [0.1, 0.15) is 55.4 Å². The minimum absolute atomic E-state index is 0. The Morgan fingerprint density at radius 3 is 2.36 bits per heavy atom. The van der Waals surface area contributed by atoms with Crippen molar-refractivity contribution in [2.24, 2.45) is 11.3 Å². The van der Waals surface area contributed by atoms with E-state index in [9.17, 15) is 4.39 Å². The number of halogens is 1. The van der Waals surface area contributed by atoms with Gasteiger partial charge in [0.2, 0.25) is 0 Å². The van der Waals surface area contributed by atoms with E-state index in [4.69, 9.17) is 4.11 Å². The molecule has 6 heteroatoms. The van der Waals surface area contributed by atoms with E-state index < -0.39 is 25.9 Å². The van der Waals surface area contributed by atoms with E-state index in [0.29, 0.717) is 11.6 Å². The van der Waals surface area contributed by atoms with Gasteiger partial charge in [-0.1, -0.05) is 56.0 Å². The molecule has 3 aromatic heterocycles. The van der Waals surface area contributed by atoms with Gasteiger partial charge in [0.1, 0.15) is 0 Å². The van der Waals surface area contributed by atoms with Crippen molar-refractivity contribution in [3.63, 3.8) is 0 Å². The minimum atomic E-state index is -2.34. The SMILES string of the molecule is CC(C)(C)Cc1ccnc(-c2[c-]ccc3c2sc2ccccc23)c1.[2H]C([2H])([2H])c1c[c-]c(-c2cc(CC(C)C)[c]([Ge]([CH3])([CH3])[CH3])cn2)c(F)c1.[Ir]. The number of hydrogen-bond donors (Lipinski definition) is 0. The van der Waals surface area contributed by atoms with Crippen LogP contribution in [0, 0.1) is 36.1 Å². The zero-order chi connectivity index (χ0) is 35.7. The molecule has 0 aliphatic heterocycles. The maximum atomic E-state index is 14.5. The molecule has 3 heterocycles. The first kappa shape index (κ1) is 32.8. The first-order chi connectivity index (χ1) is 22.9. The number of rotatable bonds is 6. The van der Waals surface area contributed by atoms with Gasteiger partial charge in [-0.3, -0.25) is 0 Å². The van der Waals surface area contributed by atoms with Gasteiger partial charge in [0.25, 0.3) is 0 Å². The van der Waals surface area contributed by atoms with Crippen LogP contribution in [0.25, 0.3) is 42.7 Å².